The molecular formula is C13H16IO-. The predicted octanol–water partition coefficient (Wildman–Crippen LogP) is -0.238. The van der Waals surface area contributed by atoms with Crippen molar-refractivity contribution in [2.24, 2.45) is 5.92 Å². The van der Waals surface area contributed by atoms with E-state index >= 15 is 0 Å². The van der Waals surface area contributed by atoms with E-state index in [2.05, 4.69) is 38.2 Å². The van der Waals surface area contributed by atoms with Gasteiger partial charge in [0.15, 0.2) is 0 Å². The van der Waals surface area contributed by atoms with E-state index < -0.39 is 21.6 Å². The van der Waals surface area contributed by atoms with Crippen molar-refractivity contribution in [1.82, 2.24) is 0 Å². The number of alkyl halides is 1. The van der Waals surface area contributed by atoms with Gasteiger partial charge < -0.3 is 0 Å². The van der Waals surface area contributed by atoms with Gasteiger partial charge in [0.2, 0.25) is 0 Å². The minimum absolute atomic E-state index is 0.547. The summed E-state index contributed by atoms with van der Waals surface area (Å²) < 4.78 is 10.1. The Hall–Kier alpha value is -0.350. The molecule has 15 heavy (non-hydrogen) atoms. The van der Waals surface area contributed by atoms with Crippen molar-refractivity contribution < 1.29 is 25.1 Å². The molecule has 0 saturated heterocycles. The summed E-state index contributed by atoms with van der Waals surface area (Å²) in [5, 5.41) is 0. The van der Waals surface area contributed by atoms with Crippen LogP contribution in [0.15, 0.2) is 46.6 Å². The molecule has 0 aliphatic heterocycles. The van der Waals surface area contributed by atoms with E-state index in [-0.39, 0.29) is 0 Å². The van der Waals surface area contributed by atoms with Gasteiger partial charge in [-0.05, 0) is 0 Å². The summed E-state index contributed by atoms with van der Waals surface area (Å²) in [7, 11) is 0. The van der Waals surface area contributed by atoms with Crippen LogP contribution in [-0.2, 0) is 0 Å². The standard InChI is InChI=1S/C13H16IO/c1-9-6-10(2)12-4-3-5-13(12)11(7-9)8-14-15/h3-4,6-7,13,15H,5,8H2,1-2H3/q-1. The van der Waals surface area contributed by atoms with E-state index in [1.165, 1.54) is 22.3 Å². The molecule has 1 atom stereocenters. The maximum absolute atomic E-state index is 9.20. The van der Waals surface area contributed by atoms with E-state index in [0.29, 0.717) is 5.92 Å². The van der Waals surface area contributed by atoms with Crippen LogP contribution >= 0.6 is 0 Å². The summed E-state index contributed by atoms with van der Waals surface area (Å²) in [5.74, 6) is 0.547. The molecule has 0 aromatic rings. The molecule has 2 rings (SSSR count). The molecule has 1 nitrogen and oxygen atoms in total. The fourth-order valence-electron chi connectivity index (χ4n) is 2.39. The molecule has 0 fully saturated rings. The van der Waals surface area contributed by atoms with Crippen molar-refractivity contribution in [1.29, 1.82) is 0 Å². The molecule has 82 valence electrons. The topological polar surface area (TPSA) is 20.2 Å². The van der Waals surface area contributed by atoms with Gasteiger partial charge in [-0.2, -0.15) is 0 Å². The third-order valence-electron chi connectivity index (χ3n) is 3.02. The zero-order chi connectivity index (χ0) is 10.8. The first-order chi connectivity index (χ1) is 7.22. The van der Waals surface area contributed by atoms with Gasteiger partial charge in [0.05, 0.1) is 0 Å². The summed E-state index contributed by atoms with van der Waals surface area (Å²) >= 11 is -0.635. The number of allylic oxidation sites excluding steroid dienone is 8. The Morgan fingerprint density at radius 1 is 1.40 bits per heavy atom. The van der Waals surface area contributed by atoms with Crippen LogP contribution in [0.2, 0.25) is 0 Å². The molecule has 0 saturated carbocycles. The van der Waals surface area contributed by atoms with Gasteiger partial charge in [-0.1, -0.05) is 0 Å². The quantitative estimate of drug-likeness (QED) is 0.551. The van der Waals surface area contributed by atoms with Gasteiger partial charge in [-0.25, -0.2) is 0 Å². The molecule has 0 heterocycles. The Kier molecular flexibility index (Phi) is 3.46. The first-order valence-electron chi connectivity index (χ1n) is 5.21. The van der Waals surface area contributed by atoms with Crippen molar-refractivity contribution in [2.75, 3.05) is 4.43 Å². The zero-order valence-electron chi connectivity index (χ0n) is 9.13. The van der Waals surface area contributed by atoms with Gasteiger partial charge in [0.1, 0.15) is 0 Å². The second kappa shape index (κ2) is 4.66. The number of hydrogen-bond acceptors (Lipinski definition) is 1. The van der Waals surface area contributed by atoms with Crippen molar-refractivity contribution >= 4 is 0 Å². The zero-order valence-corrected chi connectivity index (χ0v) is 11.3. The fraction of sp³-hybridized carbons (Fsp3) is 0.385. The fourth-order valence-corrected chi connectivity index (χ4v) is 3.54. The van der Waals surface area contributed by atoms with Crippen LogP contribution in [0.25, 0.3) is 0 Å². The number of fused-ring (bicyclic) bond motifs is 1. The number of halogens is 1. The van der Waals surface area contributed by atoms with E-state index in [0.717, 1.165) is 10.8 Å². The monoisotopic (exact) mass is 315 g/mol. The van der Waals surface area contributed by atoms with Crippen molar-refractivity contribution in [3.8, 4) is 0 Å². The van der Waals surface area contributed by atoms with E-state index in [4.69, 9.17) is 0 Å². The van der Waals surface area contributed by atoms with Crippen molar-refractivity contribution in [2.45, 2.75) is 20.3 Å². The van der Waals surface area contributed by atoms with Crippen molar-refractivity contribution in [3.05, 3.63) is 46.6 Å². The van der Waals surface area contributed by atoms with Gasteiger partial charge in [-0.3, -0.25) is 0 Å². The molecule has 0 spiro atoms. The van der Waals surface area contributed by atoms with E-state index in [9.17, 15) is 3.44 Å². The molecule has 2 aliphatic rings. The van der Waals surface area contributed by atoms with E-state index in [1.54, 1.807) is 0 Å². The average Bonchev–Trinajstić information content (AvgIpc) is 2.61. The third-order valence-corrected chi connectivity index (χ3v) is 4.24. The summed E-state index contributed by atoms with van der Waals surface area (Å²) in [6.45, 7) is 4.33. The molecule has 0 radical (unpaired) electrons. The molecule has 2 aliphatic carbocycles. The SMILES string of the molecule is CC1=CC(C)=C2C=CCC2C(C[I-]O)=C1. The number of rotatable bonds is 2. The van der Waals surface area contributed by atoms with Gasteiger partial charge in [0, 0.05) is 0 Å². The second-order valence-corrected chi connectivity index (χ2v) is 5.63. The van der Waals surface area contributed by atoms with E-state index in [1.807, 2.05) is 0 Å². The van der Waals surface area contributed by atoms with Crippen LogP contribution < -0.4 is 21.6 Å². The van der Waals surface area contributed by atoms with Gasteiger partial charge in [-0.15, -0.1) is 0 Å². The van der Waals surface area contributed by atoms with Crippen LogP contribution in [0, 0.1) is 5.92 Å². The minimum atomic E-state index is -0.635. The van der Waals surface area contributed by atoms with Crippen LogP contribution in [0.1, 0.15) is 20.3 Å². The molecule has 0 aromatic carbocycles. The summed E-state index contributed by atoms with van der Waals surface area (Å²) in [5.41, 5.74) is 5.58. The summed E-state index contributed by atoms with van der Waals surface area (Å²) in [4.78, 5) is 0. The second-order valence-electron chi connectivity index (χ2n) is 4.19. The maximum atomic E-state index is 9.20. The van der Waals surface area contributed by atoms with Crippen molar-refractivity contribution in [3.63, 3.8) is 0 Å². The Labute approximate surface area is 102 Å². The average molecular weight is 315 g/mol. The molecule has 1 unspecified atom stereocenters. The van der Waals surface area contributed by atoms with Gasteiger partial charge >= 0.3 is 102 Å². The first-order valence-corrected chi connectivity index (χ1v) is 7.70. The molecule has 0 aromatic heterocycles. The molecule has 2 heteroatoms. The Bertz CT molecular complexity index is 385. The Balaban J connectivity index is 2.40. The van der Waals surface area contributed by atoms with Crippen LogP contribution in [0.5, 0.6) is 0 Å². The Morgan fingerprint density at radius 3 is 2.93 bits per heavy atom. The summed E-state index contributed by atoms with van der Waals surface area (Å²) in [6.07, 6.45) is 10.1. The molecule has 1 N–H and O–H groups in total. The number of hydrogen-bond donors (Lipinski definition) is 1. The first kappa shape index (κ1) is 11.1. The third kappa shape index (κ3) is 2.26. The van der Waals surface area contributed by atoms with Crippen LogP contribution in [-0.4, -0.2) is 7.86 Å². The molecule has 0 amide bonds. The normalized spacial score (nSPS) is 25.1. The predicted molar refractivity (Wildman–Crippen MR) is 58.9 cm³/mol. The molecule has 0 bridgehead atoms. The Morgan fingerprint density at radius 2 is 2.20 bits per heavy atom. The van der Waals surface area contributed by atoms with Crippen LogP contribution in [0.4, 0.5) is 0 Å². The summed E-state index contributed by atoms with van der Waals surface area (Å²) in [6, 6.07) is 0. The van der Waals surface area contributed by atoms with Crippen LogP contribution in [0.3, 0.4) is 0 Å². The molecular weight excluding hydrogens is 299 g/mol. The van der Waals surface area contributed by atoms with Gasteiger partial charge in [0.25, 0.3) is 0 Å².